The van der Waals surface area contributed by atoms with Gasteiger partial charge in [0.1, 0.15) is 0 Å². The Labute approximate surface area is 123 Å². The quantitative estimate of drug-likeness (QED) is 0.407. The van der Waals surface area contributed by atoms with Crippen LogP contribution in [0.3, 0.4) is 0 Å². The molecule has 0 amide bonds. The number of nitrogens with one attached hydrogen (secondary N) is 1. The minimum atomic E-state index is -0.673. The number of halogens is 1. The van der Waals surface area contributed by atoms with Gasteiger partial charge in [-0.3, -0.25) is 10.1 Å². The number of nitro groups is 1. The zero-order valence-electron chi connectivity index (χ0n) is 12.4. The maximum absolute atomic E-state index is 13.7. The number of nitrogens with zero attached hydrogens (tertiary/aromatic N) is 1. The number of nitro benzene ring substituents is 1. The Morgan fingerprint density at radius 1 is 1.33 bits per heavy atom. The molecule has 1 rings (SSSR count). The summed E-state index contributed by atoms with van der Waals surface area (Å²) in [5.74, 6) is -0.641. The lowest BCUT2D eigenvalue weighted by molar-refractivity contribution is -0.385. The first-order valence-corrected chi connectivity index (χ1v) is 6.93. The molecule has 0 fully saturated rings. The Morgan fingerprint density at radius 2 is 2.05 bits per heavy atom. The van der Waals surface area contributed by atoms with E-state index in [4.69, 9.17) is 9.47 Å². The van der Waals surface area contributed by atoms with Crippen LogP contribution in [0.25, 0.3) is 0 Å². The average Bonchev–Trinajstić information content (AvgIpc) is 2.47. The van der Waals surface area contributed by atoms with Crippen molar-refractivity contribution in [3.63, 3.8) is 0 Å². The summed E-state index contributed by atoms with van der Waals surface area (Å²) in [7, 11) is 1.31. The second-order valence-corrected chi connectivity index (χ2v) is 4.51. The molecule has 0 radical (unpaired) electrons. The molecule has 1 aromatic rings. The van der Waals surface area contributed by atoms with Crippen molar-refractivity contribution in [1.29, 1.82) is 0 Å². The van der Waals surface area contributed by atoms with Crippen LogP contribution in [0.5, 0.6) is 5.75 Å². The maximum atomic E-state index is 13.7. The Bertz CT molecular complexity index is 469. The summed E-state index contributed by atoms with van der Waals surface area (Å²) < 4.78 is 24.0. The molecule has 118 valence electrons. The maximum Gasteiger partial charge on any atom is 0.313 e. The van der Waals surface area contributed by atoms with Crippen LogP contribution in [-0.2, 0) is 4.74 Å². The SMILES string of the molecule is CCCCOCCCNc1cc(OC)c([N+](=O)[O-])cc1F. The van der Waals surface area contributed by atoms with Gasteiger partial charge in [0.05, 0.1) is 23.8 Å². The first kappa shape index (κ1) is 17.2. The number of benzene rings is 1. The minimum absolute atomic E-state index is 0.0306. The topological polar surface area (TPSA) is 73.6 Å². The predicted octanol–water partition coefficient (Wildman–Crippen LogP) is 3.36. The third-order valence-electron chi connectivity index (χ3n) is 2.89. The van der Waals surface area contributed by atoms with E-state index in [-0.39, 0.29) is 17.1 Å². The smallest absolute Gasteiger partial charge is 0.313 e. The summed E-state index contributed by atoms with van der Waals surface area (Å²) in [6.07, 6.45) is 2.84. The molecule has 6 nitrogen and oxygen atoms in total. The highest BCUT2D eigenvalue weighted by Crippen LogP contribution is 2.32. The summed E-state index contributed by atoms with van der Waals surface area (Å²) >= 11 is 0. The predicted molar refractivity (Wildman–Crippen MR) is 78.4 cm³/mol. The zero-order chi connectivity index (χ0) is 15.7. The summed E-state index contributed by atoms with van der Waals surface area (Å²) in [4.78, 5) is 10.1. The van der Waals surface area contributed by atoms with Crippen molar-refractivity contribution < 1.29 is 18.8 Å². The van der Waals surface area contributed by atoms with Crippen LogP contribution in [0.1, 0.15) is 26.2 Å². The zero-order valence-corrected chi connectivity index (χ0v) is 12.4. The Morgan fingerprint density at radius 3 is 2.67 bits per heavy atom. The van der Waals surface area contributed by atoms with Crippen LogP contribution in [0.4, 0.5) is 15.8 Å². The number of hydrogen-bond donors (Lipinski definition) is 1. The minimum Gasteiger partial charge on any atom is -0.490 e. The van der Waals surface area contributed by atoms with Gasteiger partial charge in [-0.15, -0.1) is 0 Å². The first-order chi connectivity index (χ1) is 10.1. The standard InChI is InChI=1S/C14H21FN2O4/c1-3-4-7-21-8-5-6-16-12-10-14(20-2)13(17(18)19)9-11(12)15/h9-10,16H,3-8H2,1-2H3. The molecular formula is C14H21FN2O4. The Hall–Kier alpha value is -1.89. The van der Waals surface area contributed by atoms with Gasteiger partial charge in [0.15, 0.2) is 11.6 Å². The van der Waals surface area contributed by atoms with E-state index in [9.17, 15) is 14.5 Å². The van der Waals surface area contributed by atoms with Gasteiger partial charge in [-0.1, -0.05) is 13.3 Å². The van der Waals surface area contributed by atoms with E-state index in [1.165, 1.54) is 13.2 Å². The monoisotopic (exact) mass is 300 g/mol. The van der Waals surface area contributed by atoms with Crippen LogP contribution < -0.4 is 10.1 Å². The third kappa shape index (κ3) is 5.55. The normalized spacial score (nSPS) is 10.4. The van der Waals surface area contributed by atoms with Gasteiger partial charge in [0.2, 0.25) is 0 Å². The van der Waals surface area contributed by atoms with Gasteiger partial charge in [0, 0.05) is 25.8 Å². The van der Waals surface area contributed by atoms with Gasteiger partial charge in [-0.25, -0.2) is 4.39 Å². The summed E-state index contributed by atoms with van der Waals surface area (Å²) in [6, 6.07) is 2.16. The molecule has 21 heavy (non-hydrogen) atoms. The highest BCUT2D eigenvalue weighted by Gasteiger charge is 2.18. The molecule has 7 heteroatoms. The summed E-state index contributed by atoms with van der Waals surface area (Å²) in [6.45, 7) is 3.94. The highest BCUT2D eigenvalue weighted by molar-refractivity contribution is 5.59. The molecule has 1 N–H and O–H groups in total. The third-order valence-corrected chi connectivity index (χ3v) is 2.89. The number of unbranched alkanes of at least 4 members (excludes halogenated alkanes) is 1. The van der Waals surface area contributed by atoms with Gasteiger partial charge < -0.3 is 14.8 Å². The first-order valence-electron chi connectivity index (χ1n) is 6.93. The van der Waals surface area contributed by atoms with Crippen molar-refractivity contribution in [2.24, 2.45) is 0 Å². The van der Waals surface area contributed by atoms with Crippen LogP contribution in [0.15, 0.2) is 12.1 Å². The lowest BCUT2D eigenvalue weighted by Gasteiger charge is -2.10. The fraction of sp³-hybridized carbons (Fsp3) is 0.571. The average molecular weight is 300 g/mol. The molecule has 0 aliphatic rings. The van der Waals surface area contributed by atoms with Gasteiger partial charge >= 0.3 is 5.69 Å². The van der Waals surface area contributed by atoms with Crippen molar-refractivity contribution in [3.05, 3.63) is 28.1 Å². The van der Waals surface area contributed by atoms with Crippen LogP contribution in [0.2, 0.25) is 0 Å². The molecule has 0 saturated heterocycles. The van der Waals surface area contributed by atoms with Crippen LogP contribution >= 0.6 is 0 Å². The number of ether oxygens (including phenoxy) is 2. The molecule has 0 aliphatic heterocycles. The van der Waals surface area contributed by atoms with Gasteiger partial charge in [0.25, 0.3) is 0 Å². The fourth-order valence-electron chi connectivity index (χ4n) is 1.73. The molecule has 0 bridgehead atoms. The van der Waals surface area contributed by atoms with Gasteiger partial charge in [-0.05, 0) is 12.8 Å². The largest absolute Gasteiger partial charge is 0.490 e. The van der Waals surface area contributed by atoms with E-state index in [0.29, 0.717) is 13.2 Å². The van der Waals surface area contributed by atoms with E-state index < -0.39 is 10.7 Å². The van der Waals surface area contributed by atoms with Crippen molar-refractivity contribution in [2.45, 2.75) is 26.2 Å². The van der Waals surface area contributed by atoms with Crippen LogP contribution in [-0.4, -0.2) is 31.8 Å². The molecule has 1 aromatic carbocycles. The molecule has 0 atom stereocenters. The molecule has 0 unspecified atom stereocenters. The van der Waals surface area contributed by atoms with E-state index in [2.05, 4.69) is 12.2 Å². The summed E-state index contributed by atoms with van der Waals surface area (Å²) in [5.41, 5.74) is -0.200. The molecular weight excluding hydrogens is 279 g/mol. The Balaban J connectivity index is 2.50. The van der Waals surface area contributed by atoms with Crippen molar-refractivity contribution in [2.75, 3.05) is 32.2 Å². The van der Waals surface area contributed by atoms with Crippen molar-refractivity contribution in [3.8, 4) is 5.75 Å². The van der Waals surface area contributed by atoms with E-state index in [1.54, 1.807) is 0 Å². The summed E-state index contributed by atoms with van der Waals surface area (Å²) in [5, 5.41) is 13.6. The number of methoxy groups -OCH3 is 1. The molecule has 0 heterocycles. The van der Waals surface area contributed by atoms with Crippen LogP contribution in [0, 0.1) is 15.9 Å². The van der Waals surface area contributed by atoms with Gasteiger partial charge in [-0.2, -0.15) is 0 Å². The fourth-order valence-corrected chi connectivity index (χ4v) is 1.73. The number of anilines is 1. The second-order valence-electron chi connectivity index (χ2n) is 4.51. The van der Waals surface area contributed by atoms with E-state index in [0.717, 1.165) is 31.9 Å². The second kappa shape index (κ2) is 9.12. The molecule has 0 aliphatic carbocycles. The molecule has 0 spiro atoms. The lowest BCUT2D eigenvalue weighted by Crippen LogP contribution is -2.08. The highest BCUT2D eigenvalue weighted by atomic mass is 19.1. The number of rotatable bonds is 10. The molecule has 0 aromatic heterocycles. The lowest BCUT2D eigenvalue weighted by atomic mass is 10.2. The van der Waals surface area contributed by atoms with Crippen molar-refractivity contribution in [1.82, 2.24) is 0 Å². The van der Waals surface area contributed by atoms with Crippen molar-refractivity contribution >= 4 is 11.4 Å². The van der Waals surface area contributed by atoms with E-state index >= 15 is 0 Å². The molecule has 0 saturated carbocycles. The Kier molecular flexibility index (Phi) is 7.45. The number of hydrogen-bond acceptors (Lipinski definition) is 5. The van der Waals surface area contributed by atoms with E-state index in [1.807, 2.05) is 0 Å².